The normalized spacial score (nSPS) is 21.3. The summed E-state index contributed by atoms with van der Waals surface area (Å²) in [5.74, 6) is -2.30. The SMILES string of the molecule is Cc1ccc(-c2cccc(Cl)c2)c(NC(=O)OCC2CC3CCC(C2)N3)c1.O=C(O)C(F)(F)F. The Morgan fingerprint density at radius 2 is 1.79 bits per heavy atom. The molecule has 2 unspecified atom stereocenters. The Balaban J connectivity index is 0.000000406. The second kappa shape index (κ2) is 11.1. The van der Waals surface area contributed by atoms with Crippen molar-refractivity contribution in [3.05, 3.63) is 53.1 Å². The zero-order valence-electron chi connectivity index (χ0n) is 18.5. The van der Waals surface area contributed by atoms with Gasteiger partial charge in [-0.05, 0) is 67.9 Å². The first kappa shape index (κ1) is 25.8. The van der Waals surface area contributed by atoms with Gasteiger partial charge in [0.2, 0.25) is 0 Å². The highest BCUT2D eigenvalue weighted by atomic mass is 35.5. The molecule has 6 nitrogen and oxygen atoms in total. The van der Waals surface area contributed by atoms with Gasteiger partial charge in [0.15, 0.2) is 0 Å². The molecule has 4 rings (SSSR count). The minimum atomic E-state index is -5.08. The molecule has 2 atom stereocenters. The molecule has 2 aliphatic rings. The van der Waals surface area contributed by atoms with Crippen LogP contribution in [0.25, 0.3) is 11.1 Å². The van der Waals surface area contributed by atoms with Gasteiger partial charge in [0, 0.05) is 22.7 Å². The number of benzene rings is 2. The zero-order valence-corrected chi connectivity index (χ0v) is 19.2. The van der Waals surface area contributed by atoms with E-state index < -0.39 is 18.2 Å². The molecule has 0 saturated carbocycles. The Kier molecular flexibility index (Phi) is 8.43. The Morgan fingerprint density at radius 3 is 2.38 bits per heavy atom. The smallest absolute Gasteiger partial charge is 0.475 e. The number of fused-ring (bicyclic) bond motifs is 2. The summed E-state index contributed by atoms with van der Waals surface area (Å²) >= 11 is 6.13. The van der Waals surface area contributed by atoms with E-state index in [1.54, 1.807) is 0 Å². The van der Waals surface area contributed by atoms with Gasteiger partial charge in [-0.1, -0.05) is 35.9 Å². The molecule has 10 heteroatoms. The first-order valence-electron chi connectivity index (χ1n) is 10.9. The topological polar surface area (TPSA) is 87.7 Å². The van der Waals surface area contributed by atoms with E-state index >= 15 is 0 Å². The van der Waals surface area contributed by atoms with E-state index in [0.29, 0.717) is 29.6 Å². The third-order valence-electron chi connectivity index (χ3n) is 5.81. The molecule has 2 aliphatic heterocycles. The van der Waals surface area contributed by atoms with Gasteiger partial charge in [0.1, 0.15) is 0 Å². The van der Waals surface area contributed by atoms with Crippen molar-refractivity contribution in [1.82, 2.24) is 5.32 Å². The number of piperidine rings is 1. The fraction of sp³-hybridized carbons (Fsp3) is 0.417. The number of hydrogen-bond donors (Lipinski definition) is 3. The lowest BCUT2D eigenvalue weighted by Crippen LogP contribution is -2.39. The number of halogens is 4. The number of amides is 1. The van der Waals surface area contributed by atoms with Crippen molar-refractivity contribution >= 4 is 29.4 Å². The number of aliphatic carboxylic acids is 1. The largest absolute Gasteiger partial charge is 0.490 e. The molecule has 2 saturated heterocycles. The van der Waals surface area contributed by atoms with Crippen molar-refractivity contribution in [2.75, 3.05) is 11.9 Å². The highest BCUT2D eigenvalue weighted by molar-refractivity contribution is 6.30. The highest BCUT2D eigenvalue weighted by Crippen LogP contribution is 2.32. The summed E-state index contributed by atoms with van der Waals surface area (Å²) in [6.07, 6.45) is -0.779. The van der Waals surface area contributed by atoms with Gasteiger partial charge < -0.3 is 15.2 Å². The van der Waals surface area contributed by atoms with Gasteiger partial charge in [0.05, 0.1) is 12.3 Å². The van der Waals surface area contributed by atoms with Crippen LogP contribution in [0.3, 0.4) is 0 Å². The van der Waals surface area contributed by atoms with Crippen LogP contribution in [0.5, 0.6) is 0 Å². The van der Waals surface area contributed by atoms with Crippen molar-refractivity contribution in [1.29, 1.82) is 0 Å². The second-order valence-electron chi connectivity index (χ2n) is 8.56. The predicted octanol–water partition coefficient (Wildman–Crippen LogP) is 6.03. The summed E-state index contributed by atoms with van der Waals surface area (Å²) in [5.41, 5.74) is 3.71. The quantitative estimate of drug-likeness (QED) is 0.479. The number of carboxylic acid groups (broad SMARTS) is 1. The van der Waals surface area contributed by atoms with Crippen LogP contribution in [0, 0.1) is 12.8 Å². The summed E-state index contributed by atoms with van der Waals surface area (Å²) in [4.78, 5) is 21.3. The van der Waals surface area contributed by atoms with Gasteiger partial charge >= 0.3 is 18.2 Å². The Bertz CT molecular complexity index is 1020. The van der Waals surface area contributed by atoms with Crippen LogP contribution in [-0.4, -0.2) is 42.0 Å². The molecule has 0 radical (unpaired) electrons. The molecular weight excluding hydrogens is 473 g/mol. The van der Waals surface area contributed by atoms with Crippen LogP contribution >= 0.6 is 11.6 Å². The van der Waals surface area contributed by atoms with Crippen molar-refractivity contribution in [2.45, 2.75) is 50.9 Å². The number of carboxylic acids is 1. The minimum absolute atomic E-state index is 0.394. The third kappa shape index (κ3) is 7.36. The average molecular weight is 499 g/mol. The summed E-state index contributed by atoms with van der Waals surface area (Å²) in [6.45, 7) is 2.49. The number of carbonyl (C=O) groups is 2. The number of nitrogens with one attached hydrogen (secondary N) is 2. The van der Waals surface area contributed by atoms with E-state index in [9.17, 15) is 18.0 Å². The van der Waals surface area contributed by atoms with Crippen LogP contribution in [0.4, 0.5) is 23.7 Å². The van der Waals surface area contributed by atoms with E-state index in [-0.39, 0.29) is 0 Å². The molecular formula is C24H26ClF3N2O4. The summed E-state index contributed by atoms with van der Waals surface area (Å²) < 4.78 is 37.3. The molecule has 2 aromatic rings. The molecule has 34 heavy (non-hydrogen) atoms. The average Bonchev–Trinajstić information content (AvgIpc) is 3.10. The number of ether oxygens (including phenoxy) is 1. The molecule has 2 bridgehead atoms. The zero-order chi connectivity index (χ0) is 24.9. The van der Waals surface area contributed by atoms with Crippen LogP contribution in [0.2, 0.25) is 5.02 Å². The Hall–Kier alpha value is -2.78. The minimum Gasteiger partial charge on any atom is -0.475 e. The maximum atomic E-state index is 12.4. The number of hydrogen-bond acceptors (Lipinski definition) is 4. The van der Waals surface area contributed by atoms with Crippen molar-refractivity contribution in [3.8, 4) is 11.1 Å². The molecule has 0 spiro atoms. The molecule has 2 heterocycles. The van der Waals surface area contributed by atoms with E-state index in [1.807, 2.05) is 49.4 Å². The monoisotopic (exact) mass is 498 g/mol. The van der Waals surface area contributed by atoms with E-state index in [0.717, 1.165) is 35.2 Å². The number of carbonyl (C=O) groups excluding carboxylic acids is 1. The van der Waals surface area contributed by atoms with Crippen molar-refractivity contribution < 1.29 is 32.6 Å². The Morgan fingerprint density at radius 1 is 1.15 bits per heavy atom. The number of rotatable bonds is 4. The fourth-order valence-corrected chi connectivity index (χ4v) is 4.51. The third-order valence-corrected chi connectivity index (χ3v) is 6.05. The summed E-state index contributed by atoms with van der Waals surface area (Å²) in [7, 11) is 0. The van der Waals surface area contributed by atoms with Gasteiger partial charge in [-0.3, -0.25) is 5.32 Å². The lowest BCUT2D eigenvalue weighted by Gasteiger charge is -2.28. The van der Waals surface area contributed by atoms with Gasteiger partial charge in [-0.25, -0.2) is 9.59 Å². The maximum absolute atomic E-state index is 12.4. The summed E-state index contributed by atoms with van der Waals surface area (Å²) in [6, 6.07) is 14.8. The number of aryl methyl sites for hydroxylation is 1. The molecule has 0 aromatic heterocycles. The molecule has 0 aliphatic carbocycles. The fourth-order valence-electron chi connectivity index (χ4n) is 4.32. The molecule has 184 valence electrons. The number of alkyl halides is 3. The second-order valence-corrected chi connectivity index (χ2v) is 9.00. The van der Waals surface area contributed by atoms with Gasteiger partial charge in [-0.2, -0.15) is 13.2 Å². The van der Waals surface area contributed by atoms with Crippen molar-refractivity contribution in [2.24, 2.45) is 5.92 Å². The molecule has 2 aromatic carbocycles. The van der Waals surface area contributed by atoms with E-state index in [1.165, 1.54) is 12.8 Å². The van der Waals surface area contributed by atoms with Crippen LogP contribution < -0.4 is 10.6 Å². The number of anilines is 1. The standard InChI is InChI=1S/C22H25ClN2O2.C2HF3O2/c1-14-5-8-20(16-3-2-4-17(23)12-16)21(9-14)25-22(26)27-13-15-10-18-6-7-19(11-15)24-18;3-2(4,5)1(6)7/h2-5,8-9,12,15,18-19,24H,6-7,10-11,13H2,1H3,(H,25,26);(H,6,7). The van der Waals surface area contributed by atoms with Crippen LogP contribution in [-0.2, 0) is 9.53 Å². The van der Waals surface area contributed by atoms with Gasteiger partial charge in [0.25, 0.3) is 0 Å². The van der Waals surface area contributed by atoms with Crippen LogP contribution in [0.1, 0.15) is 31.2 Å². The Labute approximate surface area is 200 Å². The molecule has 1 amide bonds. The lowest BCUT2D eigenvalue weighted by atomic mass is 9.93. The summed E-state index contributed by atoms with van der Waals surface area (Å²) in [5, 5.41) is 14.3. The predicted molar refractivity (Wildman–Crippen MR) is 123 cm³/mol. The first-order valence-corrected chi connectivity index (χ1v) is 11.3. The van der Waals surface area contributed by atoms with Gasteiger partial charge in [-0.15, -0.1) is 0 Å². The lowest BCUT2D eigenvalue weighted by molar-refractivity contribution is -0.192. The molecule has 3 N–H and O–H groups in total. The highest BCUT2D eigenvalue weighted by Gasteiger charge is 2.38. The maximum Gasteiger partial charge on any atom is 0.490 e. The first-order chi connectivity index (χ1) is 16.0. The van der Waals surface area contributed by atoms with Crippen molar-refractivity contribution in [3.63, 3.8) is 0 Å². The van der Waals surface area contributed by atoms with E-state index in [4.69, 9.17) is 26.2 Å². The molecule has 2 fully saturated rings. The van der Waals surface area contributed by atoms with E-state index in [2.05, 4.69) is 10.6 Å². The van der Waals surface area contributed by atoms with Crippen LogP contribution in [0.15, 0.2) is 42.5 Å².